The highest BCUT2D eigenvalue weighted by molar-refractivity contribution is 6.05. The third-order valence-electron chi connectivity index (χ3n) is 2.94. The van der Waals surface area contributed by atoms with Gasteiger partial charge in [-0.25, -0.2) is 0 Å². The van der Waals surface area contributed by atoms with Gasteiger partial charge in [0.2, 0.25) is 0 Å². The van der Waals surface area contributed by atoms with E-state index in [4.69, 9.17) is 9.84 Å². The zero-order valence-corrected chi connectivity index (χ0v) is 11.0. The van der Waals surface area contributed by atoms with Crippen molar-refractivity contribution in [3.05, 3.63) is 54.1 Å². The van der Waals surface area contributed by atoms with Crippen LogP contribution in [0.2, 0.25) is 0 Å². The van der Waals surface area contributed by atoms with Gasteiger partial charge in [0.15, 0.2) is 5.78 Å². The van der Waals surface area contributed by atoms with Gasteiger partial charge < -0.3 is 9.84 Å². The van der Waals surface area contributed by atoms with Crippen molar-refractivity contribution in [1.29, 1.82) is 0 Å². The molecule has 102 valence electrons. The van der Waals surface area contributed by atoms with Gasteiger partial charge in [0.1, 0.15) is 12.2 Å². The number of hydrogen-bond acceptors (Lipinski definition) is 3. The number of methoxy groups -OCH3 is 1. The van der Waals surface area contributed by atoms with E-state index in [0.717, 1.165) is 16.9 Å². The lowest BCUT2D eigenvalue weighted by atomic mass is 10.0. The summed E-state index contributed by atoms with van der Waals surface area (Å²) >= 11 is 0. The maximum absolute atomic E-state index is 11.6. The second kappa shape index (κ2) is 6.02. The van der Waals surface area contributed by atoms with Crippen molar-refractivity contribution in [2.45, 2.75) is 6.42 Å². The number of carbonyl (C=O) groups is 2. The monoisotopic (exact) mass is 270 g/mol. The fraction of sp³-hybridized carbons (Fsp3) is 0.125. The fourth-order valence-corrected chi connectivity index (χ4v) is 1.87. The largest absolute Gasteiger partial charge is 0.497 e. The molecule has 1 N–H and O–H groups in total. The summed E-state index contributed by atoms with van der Waals surface area (Å²) in [6, 6.07) is 14.5. The quantitative estimate of drug-likeness (QED) is 0.670. The molecule has 20 heavy (non-hydrogen) atoms. The SMILES string of the molecule is COc1ccc(-c2ccc(C(=O)CC(=O)O)cc2)cc1. The minimum absolute atomic E-state index is 0.390. The maximum Gasteiger partial charge on any atom is 0.311 e. The van der Waals surface area contributed by atoms with Crippen LogP contribution >= 0.6 is 0 Å². The van der Waals surface area contributed by atoms with E-state index < -0.39 is 18.2 Å². The predicted molar refractivity (Wildman–Crippen MR) is 75.0 cm³/mol. The van der Waals surface area contributed by atoms with Gasteiger partial charge in [-0.1, -0.05) is 36.4 Å². The number of hydrogen-bond donors (Lipinski definition) is 1. The average Bonchev–Trinajstić information content (AvgIpc) is 2.47. The van der Waals surface area contributed by atoms with E-state index in [1.165, 1.54) is 0 Å². The molecule has 0 heterocycles. The fourth-order valence-electron chi connectivity index (χ4n) is 1.87. The van der Waals surface area contributed by atoms with Crippen LogP contribution in [-0.2, 0) is 4.79 Å². The minimum Gasteiger partial charge on any atom is -0.497 e. The number of aliphatic carboxylic acids is 1. The van der Waals surface area contributed by atoms with Crippen molar-refractivity contribution in [1.82, 2.24) is 0 Å². The lowest BCUT2D eigenvalue weighted by Crippen LogP contribution is -2.06. The molecule has 0 aliphatic rings. The van der Waals surface area contributed by atoms with Gasteiger partial charge in [-0.15, -0.1) is 0 Å². The van der Waals surface area contributed by atoms with Gasteiger partial charge in [0.25, 0.3) is 0 Å². The highest BCUT2D eigenvalue weighted by Gasteiger charge is 2.10. The molecule has 2 rings (SSSR count). The summed E-state index contributed by atoms with van der Waals surface area (Å²) in [7, 11) is 1.61. The molecule has 2 aromatic rings. The molecular formula is C16H14O4. The lowest BCUT2D eigenvalue weighted by molar-refractivity contribution is -0.135. The summed E-state index contributed by atoms with van der Waals surface area (Å²) < 4.78 is 5.09. The third-order valence-corrected chi connectivity index (χ3v) is 2.94. The van der Waals surface area contributed by atoms with Gasteiger partial charge >= 0.3 is 5.97 Å². The smallest absolute Gasteiger partial charge is 0.311 e. The van der Waals surface area contributed by atoms with Gasteiger partial charge in [0, 0.05) is 5.56 Å². The Hall–Kier alpha value is -2.62. The molecule has 4 nitrogen and oxygen atoms in total. The van der Waals surface area contributed by atoms with Crippen LogP contribution in [0.4, 0.5) is 0 Å². The molecule has 0 amide bonds. The first-order chi connectivity index (χ1) is 9.60. The summed E-state index contributed by atoms with van der Waals surface area (Å²) in [6.07, 6.45) is -0.484. The number of carboxylic acids is 1. The third kappa shape index (κ3) is 3.23. The van der Waals surface area contributed by atoms with Gasteiger partial charge in [-0.05, 0) is 23.3 Å². The molecule has 4 heteroatoms. The summed E-state index contributed by atoms with van der Waals surface area (Å²) in [5.74, 6) is -0.727. The van der Waals surface area contributed by atoms with Crippen LogP contribution < -0.4 is 4.74 Å². The van der Waals surface area contributed by atoms with Crippen molar-refractivity contribution in [3.8, 4) is 16.9 Å². The molecule has 0 radical (unpaired) electrons. The molecule has 0 aliphatic heterocycles. The zero-order chi connectivity index (χ0) is 14.5. The van der Waals surface area contributed by atoms with Crippen molar-refractivity contribution >= 4 is 11.8 Å². The zero-order valence-electron chi connectivity index (χ0n) is 11.0. The Morgan fingerprint density at radius 3 is 1.90 bits per heavy atom. The van der Waals surface area contributed by atoms with Crippen LogP contribution in [0.15, 0.2) is 48.5 Å². The predicted octanol–water partition coefficient (Wildman–Crippen LogP) is 3.02. The Labute approximate surface area is 116 Å². The van der Waals surface area contributed by atoms with E-state index in [1.54, 1.807) is 31.4 Å². The number of benzene rings is 2. The van der Waals surface area contributed by atoms with E-state index >= 15 is 0 Å². The van der Waals surface area contributed by atoms with Crippen molar-refractivity contribution in [2.24, 2.45) is 0 Å². The molecule has 0 bridgehead atoms. The van der Waals surface area contributed by atoms with Crippen LogP contribution in [0.1, 0.15) is 16.8 Å². The second-order valence-electron chi connectivity index (χ2n) is 4.30. The lowest BCUT2D eigenvalue weighted by Gasteiger charge is -2.05. The first-order valence-corrected chi connectivity index (χ1v) is 6.09. The normalized spacial score (nSPS) is 10.1. The van der Waals surface area contributed by atoms with Crippen molar-refractivity contribution in [2.75, 3.05) is 7.11 Å². The molecule has 0 atom stereocenters. The van der Waals surface area contributed by atoms with E-state index in [2.05, 4.69) is 0 Å². The van der Waals surface area contributed by atoms with E-state index in [0.29, 0.717) is 5.56 Å². The summed E-state index contributed by atoms with van der Waals surface area (Å²) in [5.41, 5.74) is 2.37. The van der Waals surface area contributed by atoms with Crippen LogP contribution in [0.5, 0.6) is 5.75 Å². The standard InChI is InChI=1S/C16H14O4/c1-20-14-8-6-12(7-9-14)11-2-4-13(5-3-11)15(17)10-16(18)19/h2-9H,10H2,1H3,(H,18,19). The molecular weight excluding hydrogens is 256 g/mol. The van der Waals surface area contributed by atoms with Crippen molar-refractivity contribution < 1.29 is 19.4 Å². The summed E-state index contributed by atoms with van der Waals surface area (Å²) in [5, 5.41) is 8.59. The number of carboxylic acid groups (broad SMARTS) is 1. The number of ketones is 1. The summed E-state index contributed by atoms with van der Waals surface area (Å²) in [4.78, 5) is 22.1. The Bertz CT molecular complexity index is 612. The van der Waals surface area contributed by atoms with E-state index in [-0.39, 0.29) is 0 Å². The Morgan fingerprint density at radius 2 is 1.45 bits per heavy atom. The highest BCUT2D eigenvalue weighted by Crippen LogP contribution is 2.22. The highest BCUT2D eigenvalue weighted by atomic mass is 16.5. The van der Waals surface area contributed by atoms with Crippen LogP contribution in [0.3, 0.4) is 0 Å². The molecule has 0 unspecified atom stereocenters. The molecule has 0 fully saturated rings. The minimum atomic E-state index is -1.12. The first kappa shape index (κ1) is 13.8. The topological polar surface area (TPSA) is 63.6 Å². The average molecular weight is 270 g/mol. The van der Waals surface area contributed by atoms with Crippen molar-refractivity contribution in [3.63, 3.8) is 0 Å². The summed E-state index contributed by atoms with van der Waals surface area (Å²) in [6.45, 7) is 0. The number of carbonyl (C=O) groups excluding carboxylic acids is 1. The maximum atomic E-state index is 11.6. The number of ether oxygens (including phenoxy) is 1. The van der Waals surface area contributed by atoms with E-state index in [1.807, 2.05) is 24.3 Å². The van der Waals surface area contributed by atoms with Crippen LogP contribution in [0.25, 0.3) is 11.1 Å². The Kier molecular flexibility index (Phi) is 4.15. The van der Waals surface area contributed by atoms with Crippen LogP contribution in [0, 0.1) is 0 Å². The molecule has 0 saturated heterocycles. The first-order valence-electron chi connectivity index (χ1n) is 6.09. The Balaban J connectivity index is 2.18. The molecule has 2 aromatic carbocycles. The van der Waals surface area contributed by atoms with E-state index in [9.17, 15) is 9.59 Å². The number of Topliss-reactive ketones (excluding diaryl/α,β-unsaturated/α-hetero) is 1. The van der Waals surface area contributed by atoms with Gasteiger partial charge in [-0.2, -0.15) is 0 Å². The Morgan fingerprint density at radius 1 is 0.950 bits per heavy atom. The molecule has 0 aromatic heterocycles. The molecule has 0 saturated carbocycles. The van der Waals surface area contributed by atoms with Gasteiger partial charge in [0.05, 0.1) is 7.11 Å². The number of rotatable bonds is 5. The molecule has 0 aliphatic carbocycles. The molecule has 0 spiro atoms. The second-order valence-corrected chi connectivity index (χ2v) is 4.30. The van der Waals surface area contributed by atoms with Crippen LogP contribution in [-0.4, -0.2) is 24.0 Å². The van der Waals surface area contributed by atoms with Gasteiger partial charge in [-0.3, -0.25) is 9.59 Å².